The predicted octanol–water partition coefficient (Wildman–Crippen LogP) is 3.80. The van der Waals surface area contributed by atoms with Gasteiger partial charge in [-0.15, -0.1) is 0 Å². The van der Waals surface area contributed by atoms with E-state index < -0.39 is 11.7 Å². The van der Waals surface area contributed by atoms with Gasteiger partial charge in [-0.05, 0) is 30.5 Å². The van der Waals surface area contributed by atoms with Gasteiger partial charge in [0.25, 0.3) is 0 Å². The van der Waals surface area contributed by atoms with E-state index >= 15 is 0 Å². The molecule has 1 rings (SSSR count). The summed E-state index contributed by atoms with van der Waals surface area (Å²) in [6, 6.07) is 3.92. The van der Waals surface area contributed by atoms with Gasteiger partial charge >= 0.3 is 6.18 Å². The van der Waals surface area contributed by atoms with Crippen molar-refractivity contribution in [1.82, 2.24) is 0 Å². The number of benzene rings is 1. The van der Waals surface area contributed by atoms with Crippen LogP contribution in [0.4, 0.5) is 18.9 Å². The van der Waals surface area contributed by atoms with Crippen molar-refractivity contribution < 1.29 is 13.2 Å². The first kappa shape index (κ1) is 15.8. The Morgan fingerprint density at radius 2 is 2.00 bits per heavy atom. The zero-order valence-corrected chi connectivity index (χ0v) is 11.7. The van der Waals surface area contributed by atoms with E-state index in [-0.39, 0.29) is 10.6 Å². The fourth-order valence-electron chi connectivity index (χ4n) is 1.61. The van der Waals surface area contributed by atoms with Crippen LogP contribution in [0.3, 0.4) is 0 Å². The van der Waals surface area contributed by atoms with E-state index in [0.29, 0.717) is 18.2 Å². The topological polar surface area (TPSA) is 38.0 Å². The van der Waals surface area contributed by atoms with E-state index in [9.17, 15) is 13.2 Å². The molecule has 0 aliphatic carbocycles. The van der Waals surface area contributed by atoms with E-state index in [1.807, 2.05) is 0 Å². The number of hydrogen-bond acceptors (Lipinski definition) is 2. The van der Waals surface area contributed by atoms with Crippen LogP contribution in [-0.4, -0.2) is 11.5 Å². The fraction of sp³-hybridized carbons (Fsp3) is 0.462. The zero-order chi connectivity index (χ0) is 14.6. The third-order valence-electron chi connectivity index (χ3n) is 2.64. The summed E-state index contributed by atoms with van der Waals surface area (Å²) in [5, 5.41) is 2.97. The number of nitrogens with one attached hydrogen (secondary N) is 1. The van der Waals surface area contributed by atoms with Crippen molar-refractivity contribution in [2.75, 3.05) is 11.9 Å². The first-order valence-electron chi connectivity index (χ1n) is 5.96. The molecular weight excluding hydrogens is 273 g/mol. The van der Waals surface area contributed by atoms with Crippen molar-refractivity contribution in [2.24, 2.45) is 11.7 Å². The second kappa shape index (κ2) is 6.23. The minimum absolute atomic E-state index is 0.142. The normalized spacial score (nSPS) is 11.7. The molecule has 0 bridgehead atoms. The number of nitrogens with two attached hydrogens (primary N) is 1. The lowest BCUT2D eigenvalue weighted by atomic mass is 10.1. The summed E-state index contributed by atoms with van der Waals surface area (Å²) >= 11 is 4.64. The van der Waals surface area contributed by atoms with Gasteiger partial charge in [0, 0.05) is 17.8 Å². The Bertz CT molecular complexity index is 456. The highest BCUT2D eigenvalue weighted by atomic mass is 32.1. The van der Waals surface area contributed by atoms with Gasteiger partial charge in [0.1, 0.15) is 4.99 Å². The van der Waals surface area contributed by atoms with Crippen molar-refractivity contribution in [3.05, 3.63) is 29.3 Å². The molecule has 0 heterocycles. The average Bonchev–Trinajstić information content (AvgIpc) is 2.27. The summed E-state index contributed by atoms with van der Waals surface area (Å²) in [6.45, 7) is 4.74. The molecule has 3 N–H and O–H groups in total. The zero-order valence-electron chi connectivity index (χ0n) is 10.8. The largest absolute Gasteiger partial charge is 0.417 e. The van der Waals surface area contributed by atoms with Crippen LogP contribution in [0.15, 0.2) is 18.2 Å². The molecule has 19 heavy (non-hydrogen) atoms. The molecule has 0 fully saturated rings. The summed E-state index contributed by atoms with van der Waals surface area (Å²) in [4.78, 5) is -0.249. The molecule has 0 saturated carbocycles. The minimum atomic E-state index is -4.46. The summed E-state index contributed by atoms with van der Waals surface area (Å²) < 4.78 is 38.7. The summed E-state index contributed by atoms with van der Waals surface area (Å²) in [5.41, 5.74) is 4.80. The molecule has 0 aliphatic heterocycles. The maximum absolute atomic E-state index is 12.9. The van der Waals surface area contributed by atoms with Gasteiger partial charge in [-0.1, -0.05) is 26.1 Å². The Morgan fingerprint density at radius 1 is 1.37 bits per heavy atom. The molecule has 0 unspecified atom stereocenters. The lowest BCUT2D eigenvalue weighted by Gasteiger charge is -2.15. The fourth-order valence-corrected chi connectivity index (χ4v) is 1.79. The smallest absolute Gasteiger partial charge is 0.389 e. The van der Waals surface area contributed by atoms with Crippen LogP contribution in [0.1, 0.15) is 31.4 Å². The van der Waals surface area contributed by atoms with Crippen LogP contribution in [-0.2, 0) is 6.18 Å². The molecule has 0 saturated heterocycles. The maximum Gasteiger partial charge on any atom is 0.417 e. The van der Waals surface area contributed by atoms with Crippen molar-refractivity contribution in [2.45, 2.75) is 26.4 Å². The summed E-state index contributed by atoms with van der Waals surface area (Å²) in [6.07, 6.45) is -3.58. The number of hydrogen-bond donors (Lipinski definition) is 2. The molecule has 2 nitrogen and oxygen atoms in total. The van der Waals surface area contributed by atoms with E-state index in [1.54, 1.807) is 6.07 Å². The number of anilines is 1. The van der Waals surface area contributed by atoms with Crippen LogP contribution in [0.2, 0.25) is 0 Å². The van der Waals surface area contributed by atoms with Crippen molar-refractivity contribution in [3.8, 4) is 0 Å². The lowest BCUT2D eigenvalue weighted by molar-refractivity contribution is -0.137. The Kier molecular flexibility index (Phi) is 5.17. The second-order valence-corrected chi connectivity index (χ2v) is 5.17. The average molecular weight is 290 g/mol. The monoisotopic (exact) mass is 290 g/mol. The third kappa shape index (κ3) is 4.70. The number of thiocarbonyl (C=S) groups is 1. The predicted molar refractivity (Wildman–Crippen MR) is 75.3 cm³/mol. The Labute approximate surface area is 116 Å². The number of halogens is 3. The Morgan fingerprint density at radius 3 is 2.47 bits per heavy atom. The van der Waals surface area contributed by atoms with Crippen LogP contribution >= 0.6 is 12.2 Å². The molecular formula is C13H17F3N2S. The molecule has 106 valence electrons. The molecule has 0 aliphatic rings. The highest BCUT2D eigenvalue weighted by Gasteiger charge is 2.34. The van der Waals surface area contributed by atoms with Crippen LogP contribution in [0, 0.1) is 5.92 Å². The molecule has 0 radical (unpaired) electrons. The molecule has 0 amide bonds. The number of alkyl halides is 3. The standard InChI is InChI=1S/C13H17F3N2S/c1-8(2)5-6-18-9-3-4-10(12(17)19)11(7-9)13(14,15)16/h3-4,7-8,18H,5-6H2,1-2H3,(H2,17,19). The van der Waals surface area contributed by atoms with Crippen molar-refractivity contribution >= 4 is 22.9 Å². The van der Waals surface area contributed by atoms with Crippen molar-refractivity contribution in [3.63, 3.8) is 0 Å². The van der Waals surface area contributed by atoms with E-state index in [2.05, 4.69) is 31.4 Å². The molecule has 0 aromatic heterocycles. The van der Waals surface area contributed by atoms with Crippen LogP contribution < -0.4 is 11.1 Å². The van der Waals surface area contributed by atoms with Gasteiger partial charge in [-0.25, -0.2) is 0 Å². The molecule has 1 aromatic carbocycles. The van der Waals surface area contributed by atoms with Gasteiger partial charge < -0.3 is 11.1 Å². The number of rotatable bonds is 5. The van der Waals surface area contributed by atoms with E-state index in [0.717, 1.165) is 12.5 Å². The Balaban J connectivity index is 2.96. The molecule has 0 spiro atoms. The van der Waals surface area contributed by atoms with Gasteiger partial charge in [-0.2, -0.15) is 13.2 Å². The maximum atomic E-state index is 12.9. The third-order valence-corrected chi connectivity index (χ3v) is 2.86. The Hall–Kier alpha value is -1.30. The molecule has 6 heteroatoms. The summed E-state index contributed by atoms with van der Waals surface area (Å²) in [5.74, 6) is 0.491. The minimum Gasteiger partial charge on any atom is -0.389 e. The molecule has 1 aromatic rings. The van der Waals surface area contributed by atoms with Gasteiger partial charge in [-0.3, -0.25) is 0 Å². The van der Waals surface area contributed by atoms with Gasteiger partial charge in [0.15, 0.2) is 0 Å². The summed E-state index contributed by atoms with van der Waals surface area (Å²) in [7, 11) is 0. The van der Waals surface area contributed by atoms with E-state index in [1.165, 1.54) is 6.07 Å². The second-order valence-electron chi connectivity index (χ2n) is 4.73. The van der Waals surface area contributed by atoms with Crippen LogP contribution in [0.5, 0.6) is 0 Å². The van der Waals surface area contributed by atoms with E-state index in [4.69, 9.17) is 5.73 Å². The van der Waals surface area contributed by atoms with Crippen LogP contribution in [0.25, 0.3) is 0 Å². The first-order chi connectivity index (χ1) is 8.71. The lowest BCUT2D eigenvalue weighted by Crippen LogP contribution is -2.18. The van der Waals surface area contributed by atoms with Gasteiger partial charge in [0.2, 0.25) is 0 Å². The molecule has 0 atom stereocenters. The first-order valence-corrected chi connectivity index (χ1v) is 6.37. The van der Waals surface area contributed by atoms with Crippen molar-refractivity contribution in [1.29, 1.82) is 0 Å². The van der Waals surface area contributed by atoms with Gasteiger partial charge in [0.05, 0.1) is 5.56 Å². The quantitative estimate of drug-likeness (QED) is 0.810. The SMILES string of the molecule is CC(C)CCNc1ccc(C(N)=S)c(C(F)(F)F)c1. The highest BCUT2D eigenvalue weighted by molar-refractivity contribution is 7.80. The highest BCUT2D eigenvalue weighted by Crippen LogP contribution is 2.33.